The van der Waals surface area contributed by atoms with Gasteiger partial charge in [-0.25, -0.2) is 0 Å². The third kappa shape index (κ3) is 2.25. The van der Waals surface area contributed by atoms with Crippen molar-refractivity contribution in [1.29, 1.82) is 0 Å². The number of carbonyl (C=O) groups excluding carboxylic acids is 1. The SMILES string of the molecule is C[C@@H](N)C(=O)NCC1CCc2ccccc21. The molecule has 1 aliphatic carbocycles. The Morgan fingerprint density at radius 3 is 3.06 bits per heavy atom. The Morgan fingerprint density at radius 2 is 2.31 bits per heavy atom. The van der Waals surface area contributed by atoms with Crippen molar-refractivity contribution in [3.05, 3.63) is 35.4 Å². The molecule has 3 N–H and O–H groups in total. The van der Waals surface area contributed by atoms with Gasteiger partial charge in [0.1, 0.15) is 0 Å². The number of nitrogens with two attached hydrogens (primary N) is 1. The molecule has 86 valence electrons. The second kappa shape index (κ2) is 4.66. The van der Waals surface area contributed by atoms with E-state index in [2.05, 4.69) is 29.6 Å². The van der Waals surface area contributed by atoms with Crippen molar-refractivity contribution in [2.24, 2.45) is 5.73 Å². The summed E-state index contributed by atoms with van der Waals surface area (Å²) in [5.74, 6) is 0.392. The van der Waals surface area contributed by atoms with Gasteiger partial charge in [0.15, 0.2) is 0 Å². The molecule has 2 rings (SSSR count). The molecule has 0 aliphatic heterocycles. The van der Waals surface area contributed by atoms with Crippen molar-refractivity contribution in [2.45, 2.75) is 31.7 Å². The van der Waals surface area contributed by atoms with E-state index in [0.717, 1.165) is 12.8 Å². The Balaban J connectivity index is 1.96. The van der Waals surface area contributed by atoms with Gasteiger partial charge in [-0.15, -0.1) is 0 Å². The van der Waals surface area contributed by atoms with Crippen molar-refractivity contribution in [3.63, 3.8) is 0 Å². The largest absolute Gasteiger partial charge is 0.354 e. The minimum atomic E-state index is -0.420. The molecule has 0 radical (unpaired) electrons. The van der Waals surface area contributed by atoms with Crippen molar-refractivity contribution < 1.29 is 4.79 Å². The molecule has 0 fully saturated rings. The molecule has 0 saturated heterocycles. The monoisotopic (exact) mass is 218 g/mol. The minimum absolute atomic E-state index is 0.0654. The van der Waals surface area contributed by atoms with E-state index in [4.69, 9.17) is 5.73 Å². The fourth-order valence-corrected chi connectivity index (χ4v) is 2.24. The van der Waals surface area contributed by atoms with Crippen LogP contribution >= 0.6 is 0 Å². The Morgan fingerprint density at radius 1 is 1.56 bits per heavy atom. The highest BCUT2D eigenvalue weighted by Crippen LogP contribution is 2.31. The third-order valence-electron chi connectivity index (χ3n) is 3.19. The molecule has 0 saturated carbocycles. The first kappa shape index (κ1) is 11.1. The second-order valence-electron chi connectivity index (χ2n) is 4.47. The molecule has 1 aliphatic rings. The third-order valence-corrected chi connectivity index (χ3v) is 3.19. The summed E-state index contributed by atoms with van der Waals surface area (Å²) >= 11 is 0. The van der Waals surface area contributed by atoms with Crippen LogP contribution in [-0.4, -0.2) is 18.5 Å². The van der Waals surface area contributed by atoms with Crippen molar-refractivity contribution in [2.75, 3.05) is 6.54 Å². The van der Waals surface area contributed by atoms with E-state index >= 15 is 0 Å². The van der Waals surface area contributed by atoms with Gasteiger partial charge in [0.25, 0.3) is 0 Å². The van der Waals surface area contributed by atoms with Gasteiger partial charge in [-0.05, 0) is 30.9 Å². The van der Waals surface area contributed by atoms with Crippen LogP contribution in [0.4, 0.5) is 0 Å². The van der Waals surface area contributed by atoms with Crippen LogP contribution in [0.1, 0.15) is 30.4 Å². The topological polar surface area (TPSA) is 55.1 Å². The summed E-state index contributed by atoms with van der Waals surface area (Å²) in [5.41, 5.74) is 8.30. The number of hydrogen-bond donors (Lipinski definition) is 2. The second-order valence-corrected chi connectivity index (χ2v) is 4.47. The zero-order chi connectivity index (χ0) is 11.5. The summed E-state index contributed by atoms with van der Waals surface area (Å²) in [5, 5.41) is 2.90. The number of nitrogens with one attached hydrogen (secondary N) is 1. The fourth-order valence-electron chi connectivity index (χ4n) is 2.24. The number of aryl methyl sites for hydroxylation is 1. The van der Waals surface area contributed by atoms with Gasteiger partial charge in [0.2, 0.25) is 5.91 Å². The van der Waals surface area contributed by atoms with Gasteiger partial charge in [0, 0.05) is 12.5 Å². The molecule has 1 aromatic rings. The highest BCUT2D eigenvalue weighted by atomic mass is 16.2. The van der Waals surface area contributed by atoms with Crippen molar-refractivity contribution in [1.82, 2.24) is 5.32 Å². The average Bonchev–Trinajstić information content (AvgIpc) is 2.69. The first-order valence-corrected chi connectivity index (χ1v) is 5.79. The molecular weight excluding hydrogens is 200 g/mol. The van der Waals surface area contributed by atoms with Crippen LogP contribution in [0.25, 0.3) is 0 Å². The summed E-state index contributed by atoms with van der Waals surface area (Å²) < 4.78 is 0. The number of hydrogen-bond acceptors (Lipinski definition) is 2. The molecule has 1 aromatic carbocycles. The normalized spacial score (nSPS) is 20.2. The lowest BCUT2D eigenvalue weighted by atomic mass is 10.0. The minimum Gasteiger partial charge on any atom is -0.354 e. The molecule has 3 heteroatoms. The van der Waals surface area contributed by atoms with Crippen molar-refractivity contribution >= 4 is 5.91 Å². The molecular formula is C13H18N2O. The summed E-state index contributed by atoms with van der Waals surface area (Å²) in [7, 11) is 0. The summed E-state index contributed by atoms with van der Waals surface area (Å²) in [6, 6.07) is 8.04. The van der Waals surface area contributed by atoms with Crippen LogP contribution in [0, 0.1) is 0 Å². The zero-order valence-electron chi connectivity index (χ0n) is 9.57. The van der Waals surface area contributed by atoms with Gasteiger partial charge in [-0.3, -0.25) is 4.79 Å². The van der Waals surface area contributed by atoms with E-state index in [1.54, 1.807) is 6.92 Å². The van der Waals surface area contributed by atoms with E-state index in [1.165, 1.54) is 11.1 Å². The highest BCUT2D eigenvalue weighted by molar-refractivity contribution is 5.81. The highest BCUT2D eigenvalue weighted by Gasteiger charge is 2.22. The molecule has 0 heterocycles. The van der Waals surface area contributed by atoms with Gasteiger partial charge in [0.05, 0.1) is 6.04 Å². The number of carbonyl (C=O) groups is 1. The first-order chi connectivity index (χ1) is 7.68. The van der Waals surface area contributed by atoms with E-state index < -0.39 is 6.04 Å². The molecule has 1 unspecified atom stereocenters. The molecule has 0 bridgehead atoms. The van der Waals surface area contributed by atoms with E-state index in [-0.39, 0.29) is 5.91 Å². The lowest BCUT2D eigenvalue weighted by Crippen LogP contribution is -2.39. The predicted molar refractivity (Wildman–Crippen MR) is 64.2 cm³/mol. The Kier molecular flexibility index (Phi) is 3.25. The van der Waals surface area contributed by atoms with Crippen LogP contribution in [0.2, 0.25) is 0 Å². The van der Waals surface area contributed by atoms with Gasteiger partial charge >= 0.3 is 0 Å². The maximum absolute atomic E-state index is 11.4. The quantitative estimate of drug-likeness (QED) is 0.800. The van der Waals surface area contributed by atoms with Crippen LogP contribution in [-0.2, 0) is 11.2 Å². The van der Waals surface area contributed by atoms with Gasteiger partial charge < -0.3 is 11.1 Å². The number of fused-ring (bicyclic) bond motifs is 1. The van der Waals surface area contributed by atoms with Gasteiger partial charge in [-0.2, -0.15) is 0 Å². The van der Waals surface area contributed by atoms with Crippen LogP contribution < -0.4 is 11.1 Å². The smallest absolute Gasteiger partial charge is 0.236 e. The molecule has 0 aromatic heterocycles. The Labute approximate surface area is 96.0 Å². The summed E-state index contributed by atoms with van der Waals surface area (Å²) in [6.45, 7) is 2.41. The number of benzene rings is 1. The first-order valence-electron chi connectivity index (χ1n) is 5.79. The Hall–Kier alpha value is -1.35. The van der Waals surface area contributed by atoms with Crippen LogP contribution in [0.15, 0.2) is 24.3 Å². The molecule has 2 atom stereocenters. The lowest BCUT2D eigenvalue weighted by molar-refractivity contribution is -0.122. The van der Waals surface area contributed by atoms with E-state index in [9.17, 15) is 4.79 Å². The maximum Gasteiger partial charge on any atom is 0.236 e. The lowest BCUT2D eigenvalue weighted by Gasteiger charge is -2.14. The van der Waals surface area contributed by atoms with E-state index in [0.29, 0.717) is 12.5 Å². The van der Waals surface area contributed by atoms with Gasteiger partial charge in [-0.1, -0.05) is 24.3 Å². The average molecular weight is 218 g/mol. The summed E-state index contributed by atoms with van der Waals surface area (Å²) in [4.78, 5) is 11.4. The van der Waals surface area contributed by atoms with Crippen molar-refractivity contribution in [3.8, 4) is 0 Å². The predicted octanol–water partition coefficient (Wildman–Crippen LogP) is 1.18. The van der Waals surface area contributed by atoms with E-state index in [1.807, 2.05) is 0 Å². The molecule has 0 spiro atoms. The number of amides is 1. The molecule has 1 amide bonds. The molecule has 16 heavy (non-hydrogen) atoms. The fraction of sp³-hybridized carbons (Fsp3) is 0.462. The standard InChI is InChI=1S/C13H18N2O/c1-9(14)13(16)15-8-11-7-6-10-4-2-3-5-12(10)11/h2-5,9,11H,6-8,14H2,1H3,(H,15,16)/t9-,11?/m1/s1. The number of rotatable bonds is 3. The summed E-state index contributed by atoms with van der Waals surface area (Å²) in [6.07, 6.45) is 2.24. The van der Waals surface area contributed by atoms with Crippen LogP contribution in [0.3, 0.4) is 0 Å². The molecule has 3 nitrogen and oxygen atoms in total. The van der Waals surface area contributed by atoms with Crippen LogP contribution in [0.5, 0.6) is 0 Å². The zero-order valence-corrected chi connectivity index (χ0v) is 9.57. The maximum atomic E-state index is 11.4. The Bertz CT molecular complexity index is 387.